The van der Waals surface area contributed by atoms with Crippen molar-refractivity contribution in [1.82, 2.24) is 15.3 Å². The van der Waals surface area contributed by atoms with Crippen LogP contribution in [0.1, 0.15) is 36.0 Å². The zero-order valence-electron chi connectivity index (χ0n) is 11.7. The minimum atomic E-state index is -0.440. The molecule has 6 heteroatoms. The van der Waals surface area contributed by atoms with Crippen LogP contribution in [0, 0.1) is 0 Å². The number of hydrogen-bond acceptors (Lipinski definition) is 4. The predicted octanol–water partition coefficient (Wildman–Crippen LogP) is 1.36. The summed E-state index contributed by atoms with van der Waals surface area (Å²) in [6, 6.07) is 3.51. The van der Waals surface area contributed by atoms with E-state index in [2.05, 4.69) is 20.6 Å². The van der Waals surface area contributed by atoms with Crippen LogP contribution < -0.4 is 16.4 Å². The molecule has 6 nitrogen and oxygen atoms in total. The molecular formula is C15H19N5O. The smallest absolute Gasteiger partial charge is 0.252 e. The molecule has 0 aromatic carbocycles. The number of H-pyrrole nitrogens is 1. The summed E-state index contributed by atoms with van der Waals surface area (Å²) in [5, 5.41) is 8.11. The Morgan fingerprint density at radius 2 is 2.10 bits per heavy atom. The Balaban J connectivity index is 1.69. The molecule has 4 rings (SSSR count). The van der Waals surface area contributed by atoms with E-state index in [9.17, 15) is 4.79 Å². The van der Waals surface area contributed by atoms with E-state index in [-0.39, 0.29) is 0 Å². The van der Waals surface area contributed by atoms with Gasteiger partial charge >= 0.3 is 0 Å². The van der Waals surface area contributed by atoms with E-state index in [1.165, 1.54) is 12.8 Å². The van der Waals surface area contributed by atoms with Crippen molar-refractivity contribution in [3.05, 3.63) is 24.0 Å². The Kier molecular flexibility index (Phi) is 2.85. The molecule has 3 atom stereocenters. The summed E-state index contributed by atoms with van der Waals surface area (Å²) < 4.78 is 0. The van der Waals surface area contributed by atoms with Crippen molar-refractivity contribution in [1.29, 1.82) is 0 Å². The van der Waals surface area contributed by atoms with Crippen molar-refractivity contribution in [3.8, 4) is 0 Å². The fourth-order valence-corrected chi connectivity index (χ4v) is 3.73. The van der Waals surface area contributed by atoms with Crippen molar-refractivity contribution >= 4 is 22.6 Å². The second-order valence-electron chi connectivity index (χ2n) is 6.10. The highest BCUT2D eigenvalue weighted by atomic mass is 16.1. The number of aromatic amines is 1. The largest absolute Gasteiger partial charge is 0.381 e. The summed E-state index contributed by atoms with van der Waals surface area (Å²) in [6.07, 6.45) is 8.06. The SMILES string of the molecule is NC(=O)c1cnc2[nH]ccc2c1N[C@@H]1C[C@H]2CC[C@@H](C1)N2. The third kappa shape index (κ3) is 2.15. The van der Waals surface area contributed by atoms with Crippen LogP contribution in [-0.2, 0) is 0 Å². The first-order chi connectivity index (χ1) is 10.2. The zero-order valence-corrected chi connectivity index (χ0v) is 11.7. The van der Waals surface area contributed by atoms with Crippen LogP contribution in [-0.4, -0.2) is 34.0 Å². The number of amides is 1. The van der Waals surface area contributed by atoms with Crippen molar-refractivity contribution in [3.63, 3.8) is 0 Å². The quantitative estimate of drug-likeness (QED) is 0.684. The van der Waals surface area contributed by atoms with Crippen LogP contribution in [0.25, 0.3) is 11.0 Å². The molecule has 0 unspecified atom stereocenters. The van der Waals surface area contributed by atoms with Crippen LogP contribution in [0.4, 0.5) is 5.69 Å². The van der Waals surface area contributed by atoms with Crippen molar-refractivity contribution < 1.29 is 4.79 Å². The minimum Gasteiger partial charge on any atom is -0.381 e. The molecule has 2 fully saturated rings. The van der Waals surface area contributed by atoms with Gasteiger partial charge < -0.3 is 21.4 Å². The summed E-state index contributed by atoms with van der Waals surface area (Å²) in [4.78, 5) is 19.0. The van der Waals surface area contributed by atoms with E-state index in [0.29, 0.717) is 23.7 Å². The van der Waals surface area contributed by atoms with Gasteiger partial charge in [-0.1, -0.05) is 0 Å². The monoisotopic (exact) mass is 285 g/mol. The highest BCUT2D eigenvalue weighted by molar-refractivity contribution is 6.05. The molecule has 0 radical (unpaired) electrons. The van der Waals surface area contributed by atoms with Gasteiger partial charge in [0, 0.05) is 35.9 Å². The summed E-state index contributed by atoms with van der Waals surface area (Å²) in [5.41, 5.74) is 7.57. The number of carbonyl (C=O) groups excluding carboxylic acids is 1. The number of nitrogens with one attached hydrogen (secondary N) is 3. The number of hydrogen-bond donors (Lipinski definition) is 4. The third-order valence-electron chi connectivity index (χ3n) is 4.67. The van der Waals surface area contributed by atoms with E-state index in [4.69, 9.17) is 5.73 Å². The topological polar surface area (TPSA) is 95.8 Å². The van der Waals surface area contributed by atoms with Gasteiger partial charge in [-0.05, 0) is 31.7 Å². The molecule has 0 aliphatic carbocycles. The number of piperidine rings is 1. The minimum absolute atomic E-state index is 0.377. The number of fused-ring (bicyclic) bond motifs is 3. The molecule has 2 aliphatic rings. The second kappa shape index (κ2) is 4.73. The van der Waals surface area contributed by atoms with Crippen molar-refractivity contribution in [2.45, 2.75) is 43.8 Å². The lowest BCUT2D eigenvalue weighted by Gasteiger charge is -2.31. The Morgan fingerprint density at radius 1 is 1.33 bits per heavy atom. The lowest BCUT2D eigenvalue weighted by Crippen LogP contribution is -2.43. The molecule has 1 amide bonds. The number of rotatable bonds is 3. The standard InChI is InChI=1S/C15H19N5O/c16-14(21)12-7-18-15-11(3-4-17-15)13(12)20-10-5-8-1-2-9(6-10)19-8/h3-4,7-10,19H,1-2,5-6H2,(H2,16,21)(H2,17,18,20)/t8-,9+,10-. The van der Waals surface area contributed by atoms with E-state index in [0.717, 1.165) is 29.6 Å². The first-order valence-corrected chi connectivity index (χ1v) is 7.49. The predicted molar refractivity (Wildman–Crippen MR) is 81.2 cm³/mol. The normalized spacial score (nSPS) is 27.9. The molecule has 2 bridgehead atoms. The molecular weight excluding hydrogens is 266 g/mol. The summed E-state index contributed by atoms with van der Waals surface area (Å²) in [5.74, 6) is -0.440. The molecule has 5 N–H and O–H groups in total. The number of nitrogens with zero attached hydrogens (tertiary/aromatic N) is 1. The molecule has 2 aliphatic heterocycles. The lowest BCUT2D eigenvalue weighted by molar-refractivity contribution is 0.100. The van der Waals surface area contributed by atoms with Crippen molar-refractivity contribution in [2.75, 3.05) is 5.32 Å². The van der Waals surface area contributed by atoms with Gasteiger partial charge in [0.1, 0.15) is 5.65 Å². The van der Waals surface area contributed by atoms with Crippen LogP contribution in [0.2, 0.25) is 0 Å². The average Bonchev–Trinajstić information content (AvgIpc) is 3.05. The fraction of sp³-hybridized carbons (Fsp3) is 0.467. The van der Waals surface area contributed by atoms with Gasteiger partial charge in [-0.3, -0.25) is 4.79 Å². The fourth-order valence-electron chi connectivity index (χ4n) is 3.73. The second-order valence-corrected chi connectivity index (χ2v) is 6.10. The van der Waals surface area contributed by atoms with Gasteiger partial charge in [0.15, 0.2) is 0 Å². The van der Waals surface area contributed by atoms with Crippen LogP contribution in [0.5, 0.6) is 0 Å². The highest BCUT2D eigenvalue weighted by Gasteiger charge is 2.34. The molecule has 0 saturated carbocycles. The van der Waals surface area contributed by atoms with Gasteiger partial charge in [-0.15, -0.1) is 0 Å². The molecule has 2 saturated heterocycles. The number of nitrogens with two attached hydrogens (primary N) is 1. The number of anilines is 1. The van der Waals surface area contributed by atoms with Crippen LogP contribution in [0.3, 0.4) is 0 Å². The average molecular weight is 285 g/mol. The van der Waals surface area contributed by atoms with E-state index < -0.39 is 5.91 Å². The van der Waals surface area contributed by atoms with E-state index in [1.807, 2.05) is 12.3 Å². The van der Waals surface area contributed by atoms with Gasteiger partial charge in [0.05, 0.1) is 11.3 Å². The number of aromatic nitrogens is 2. The first kappa shape index (κ1) is 12.6. The van der Waals surface area contributed by atoms with E-state index >= 15 is 0 Å². The van der Waals surface area contributed by atoms with Gasteiger partial charge in [0.25, 0.3) is 5.91 Å². The van der Waals surface area contributed by atoms with Crippen LogP contribution >= 0.6 is 0 Å². The van der Waals surface area contributed by atoms with Gasteiger partial charge in [-0.25, -0.2) is 4.98 Å². The zero-order chi connectivity index (χ0) is 14.4. The Hall–Kier alpha value is -2.08. The maximum atomic E-state index is 11.7. The maximum absolute atomic E-state index is 11.7. The number of carbonyl (C=O) groups is 1. The third-order valence-corrected chi connectivity index (χ3v) is 4.67. The molecule has 2 aromatic rings. The number of primary amides is 1. The highest BCUT2D eigenvalue weighted by Crippen LogP contribution is 2.32. The lowest BCUT2D eigenvalue weighted by atomic mass is 9.98. The summed E-state index contributed by atoms with van der Waals surface area (Å²) in [6.45, 7) is 0. The maximum Gasteiger partial charge on any atom is 0.252 e. The molecule has 0 spiro atoms. The van der Waals surface area contributed by atoms with Gasteiger partial charge in [-0.2, -0.15) is 0 Å². The first-order valence-electron chi connectivity index (χ1n) is 7.49. The molecule has 4 heterocycles. The Labute approximate surface area is 122 Å². The Morgan fingerprint density at radius 3 is 2.81 bits per heavy atom. The van der Waals surface area contributed by atoms with E-state index in [1.54, 1.807) is 6.20 Å². The van der Waals surface area contributed by atoms with Crippen LogP contribution in [0.15, 0.2) is 18.5 Å². The van der Waals surface area contributed by atoms with Gasteiger partial charge in [0.2, 0.25) is 0 Å². The summed E-state index contributed by atoms with van der Waals surface area (Å²) >= 11 is 0. The molecule has 2 aromatic heterocycles. The molecule has 21 heavy (non-hydrogen) atoms. The summed E-state index contributed by atoms with van der Waals surface area (Å²) in [7, 11) is 0. The molecule has 110 valence electrons. The Bertz CT molecular complexity index is 682. The number of pyridine rings is 1. The van der Waals surface area contributed by atoms with Crippen molar-refractivity contribution in [2.24, 2.45) is 5.73 Å².